The maximum atomic E-state index is 4.92. The number of hydrogen-bond acceptors (Lipinski definition) is 0. The Hall–Kier alpha value is -1.15. The molecule has 0 atom stereocenters. The summed E-state index contributed by atoms with van der Waals surface area (Å²) in [6.45, 7) is 6.30. The van der Waals surface area contributed by atoms with Gasteiger partial charge >= 0.3 is 46.9 Å². The number of aryl methyl sites for hydroxylation is 3. The molecule has 3 aromatic carbocycles. The molecule has 0 heterocycles. The molecule has 0 unspecified atom stereocenters. The summed E-state index contributed by atoms with van der Waals surface area (Å²) in [5.41, 5.74) is 7.02. The molecule has 0 bridgehead atoms. The molecule has 3 rings (SSSR count). The Bertz CT molecular complexity index is 713. The summed E-state index contributed by atoms with van der Waals surface area (Å²) in [5, 5.41) is 4.92. The Morgan fingerprint density at radius 3 is 1.25 bits per heavy atom. The molecule has 2 heteroatoms. The largest absolute Gasteiger partial charge is 2.00 e. The molecular weight excluding hydrogens is 451 g/mol. The average Bonchev–Trinajstić information content (AvgIpc) is 2.56. The zero-order chi connectivity index (χ0) is 16.2. The van der Waals surface area contributed by atoms with Crippen LogP contribution in [0.4, 0.5) is 5.69 Å². The Kier molecular flexibility index (Phi) is 7.03. The standard InChI is InChI=1S/C22H21N.Yb/c1-16-4-10-19(11-5-16)22(20-12-6-17(2)7-13-20)23-21-14-8-18(3)9-15-21;/h4-15H,1-3H3;/q-2;+2. The summed E-state index contributed by atoms with van der Waals surface area (Å²) in [6.07, 6.45) is 0. The minimum Gasteiger partial charge on any atom is -0.693 e. The molecule has 24 heavy (non-hydrogen) atoms. The predicted octanol–water partition coefficient (Wildman–Crippen LogP) is 6.25. The van der Waals surface area contributed by atoms with Gasteiger partial charge in [-0.05, 0) is 20.8 Å². The molecule has 1 nitrogen and oxygen atoms in total. The quantitative estimate of drug-likeness (QED) is 0.399. The summed E-state index contributed by atoms with van der Waals surface area (Å²) in [4.78, 5) is 0. The van der Waals surface area contributed by atoms with Crippen LogP contribution in [0.15, 0.2) is 72.8 Å². The molecule has 128 valence electrons. The van der Waals surface area contributed by atoms with Crippen molar-refractivity contribution in [3.05, 3.63) is 112 Å². The van der Waals surface area contributed by atoms with Crippen LogP contribution in [-0.2, 0) is 0 Å². The summed E-state index contributed by atoms with van der Waals surface area (Å²) in [6, 6.07) is 26.4. The van der Waals surface area contributed by atoms with Crippen molar-refractivity contribution >= 4 is 5.69 Å². The summed E-state index contributed by atoms with van der Waals surface area (Å²) in [7, 11) is 0. The Balaban J connectivity index is 0.00000208. The van der Waals surface area contributed by atoms with Gasteiger partial charge in [-0.15, -0.1) is 41.1 Å². The van der Waals surface area contributed by atoms with Crippen LogP contribution in [-0.4, -0.2) is 0 Å². The summed E-state index contributed by atoms with van der Waals surface area (Å²) >= 11 is 0. The SMILES string of the molecule is Cc1ccc([N-][C-](c2ccc(C)cc2)c2ccc(C)cc2)cc1.[Yb+2]. The van der Waals surface area contributed by atoms with Crippen LogP contribution in [0.2, 0.25) is 0 Å². The first-order valence-corrected chi connectivity index (χ1v) is 7.91. The fourth-order valence-electron chi connectivity index (χ4n) is 2.47. The minimum atomic E-state index is 0. The van der Waals surface area contributed by atoms with Crippen LogP contribution < -0.4 is 0 Å². The van der Waals surface area contributed by atoms with Gasteiger partial charge in [0.15, 0.2) is 0 Å². The van der Waals surface area contributed by atoms with Crippen molar-refractivity contribution < 1.29 is 46.9 Å². The molecular formula is C22H21NYb. The van der Waals surface area contributed by atoms with Crippen molar-refractivity contribution in [1.82, 2.24) is 0 Å². The van der Waals surface area contributed by atoms with Gasteiger partial charge in [-0.1, -0.05) is 65.2 Å². The van der Waals surface area contributed by atoms with Crippen LogP contribution >= 0.6 is 0 Å². The first-order valence-electron chi connectivity index (χ1n) is 7.91. The zero-order valence-corrected chi connectivity index (χ0v) is 15.9. The topological polar surface area (TPSA) is 14.1 Å². The predicted molar refractivity (Wildman–Crippen MR) is 98.0 cm³/mol. The van der Waals surface area contributed by atoms with E-state index in [1.807, 2.05) is 0 Å². The number of benzene rings is 3. The fourth-order valence-corrected chi connectivity index (χ4v) is 2.47. The van der Waals surface area contributed by atoms with E-state index >= 15 is 0 Å². The van der Waals surface area contributed by atoms with Gasteiger partial charge in [-0.2, -0.15) is 0 Å². The van der Waals surface area contributed by atoms with E-state index in [0.717, 1.165) is 22.9 Å². The van der Waals surface area contributed by atoms with Gasteiger partial charge in [0, 0.05) is 0 Å². The molecule has 0 spiro atoms. The van der Waals surface area contributed by atoms with Crippen LogP contribution in [0, 0.1) is 73.7 Å². The van der Waals surface area contributed by atoms with E-state index in [2.05, 4.69) is 93.6 Å². The zero-order valence-electron chi connectivity index (χ0n) is 14.1. The molecule has 0 radical (unpaired) electrons. The number of hydrogen-bond donors (Lipinski definition) is 0. The Morgan fingerprint density at radius 1 is 0.542 bits per heavy atom. The van der Waals surface area contributed by atoms with Crippen molar-refractivity contribution in [2.75, 3.05) is 0 Å². The molecule has 0 saturated heterocycles. The third-order valence-corrected chi connectivity index (χ3v) is 3.92. The molecule has 0 aromatic heterocycles. The van der Waals surface area contributed by atoms with Gasteiger partial charge < -0.3 is 5.32 Å². The van der Waals surface area contributed by atoms with E-state index in [0.29, 0.717) is 0 Å². The minimum absolute atomic E-state index is 0. The van der Waals surface area contributed by atoms with Crippen molar-refractivity contribution in [2.45, 2.75) is 20.8 Å². The summed E-state index contributed by atoms with van der Waals surface area (Å²) < 4.78 is 0. The van der Waals surface area contributed by atoms with Crippen LogP contribution in [0.5, 0.6) is 0 Å². The smallest absolute Gasteiger partial charge is 0.693 e. The second-order valence-electron chi connectivity index (χ2n) is 6.03. The first kappa shape index (κ1) is 19.2. The molecule has 0 saturated carbocycles. The van der Waals surface area contributed by atoms with Gasteiger partial charge in [-0.3, -0.25) is 0 Å². The number of nitrogens with zero attached hydrogens (tertiary/aromatic N) is 1. The summed E-state index contributed by atoms with van der Waals surface area (Å²) in [5.74, 6) is 0. The van der Waals surface area contributed by atoms with E-state index in [1.165, 1.54) is 16.7 Å². The van der Waals surface area contributed by atoms with Crippen molar-refractivity contribution in [3.8, 4) is 0 Å². The second-order valence-corrected chi connectivity index (χ2v) is 6.03. The maximum absolute atomic E-state index is 4.92. The van der Waals surface area contributed by atoms with Gasteiger partial charge in [0.25, 0.3) is 0 Å². The van der Waals surface area contributed by atoms with E-state index in [9.17, 15) is 0 Å². The van der Waals surface area contributed by atoms with Crippen LogP contribution in [0.1, 0.15) is 27.8 Å². The van der Waals surface area contributed by atoms with Gasteiger partial charge in [0.05, 0.1) is 0 Å². The first-order chi connectivity index (χ1) is 11.1. The van der Waals surface area contributed by atoms with E-state index in [-0.39, 0.29) is 46.9 Å². The number of rotatable bonds is 4. The third-order valence-electron chi connectivity index (χ3n) is 3.92. The van der Waals surface area contributed by atoms with Crippen molar-refractivity contribution in [2.24, 2.45) is 0 Å². The normalized spacial score (nSPS) is 9.96. The monoisotopic (exact) mass is 473 g/mol. The van der Waals surface area contributed by atoms with E-state index < -0.39 is 0 Å². The van der Waals surface area contributed by atoms with Crippen LogP contribution in [0.3, 0.4) is 0 Å². The van der Waals surface area contributed by atoms with E-state index in [1.54, 1.807) is 0 Å². The molecule has 0 fully saturated rings. The average molecular weight is 472 g/mol. The molecule has 0 N–H and O–H groups in total. The maximum Gasteiger partial charge on any atom is 2.00 e. The second kappa shape index (κ2) is 8.80. The molecule has 0 aliphatic carbocycles. The van der Waals surface area contributed by atoms with E-state index in [4.69, 9.17) is 5.32 Å². The third kappa shape index (κ3) is 4.92. The Labute approximate surface area is 183 Å². The van der Waals surface area contributed by atoms with Gasteiger partial charge in [0.1, 0.15) is 0 Å². The van der Waals surface area contributed by atoms with Gasteiger partial charge in [0.2, 0.25) is 0 Å². The fraction of sp³-hybridized carbons (Fsp3) is 0.136. The van der Waals surface area contributed by atoms with Crippen molar-refractivity contribution in [3.63, 3.8) is 0 Å². The molecule has 0 amide bonds. The van der Waals surface area contributed by atoms with Crippen LogP contribution in [0.25, 0.3) is 5.32 Å². The van der Waals surface area contributed by atoms with Crippen molar-refractivity contribution in [1.29, 1.82) is 0 Å². The molecule has 0 aliphatic rings. The molecule has 3 aromatic rings. The Morgan fingerprint density at radius 2 is 0.875 bits per heavy atom. The van der Waals surface area contributed by atoms with Gasteiger partial charge in [-0.25, -0.2) is 6.04 Å². The molecule has 0 aliphatic heterocycles.